The fourth-order valence-corrected chi connectivity index (χ4v) is 2.34. The van der Waals surface area contributed by atoms with Gasteiger partial charge in [-0.2, -0.15) is 0 Å². The number of benzene rings is 2. The Morgan fingerprint density at radius 2 is 2.00 bits per heavy atom. The Hall–Kier alpha value is -2.56. The van der Waals surface area contributed by atoms with E-state index in [1.165, 1.54) is 6.92 Å². The van der Waals surface area contributed by atoms with Gasteiger partial charge in [-0.1, -0.05) is 24.3 Å². The second kappa shape index (κ2) is 8.17. The highest BCUT2D eigenvalue weighted by molar-refractivity contribution is 5.87. The molecular formula is C18H21NO4. The Morgan fingerprint density at radius 1 is 1.17 bits per heavy atom. The summed E-state index contributed by atoms with van der Waals surface area (Å²) >= 11 is 0. The summed E-state index contributed by atoms with van der Waals surface area (Å²) in [5.74, 6) is 0.202. The molecule has 0 spiro atoms. The topological polar surface area (TPSA) is 64.6 Å². The first kappa shape index (κ1) is 16.8. The minimum absolute atomic E-state index is 0.0382. The summed E-state index contributed by atoms with van der Waals surface area (Å²) < 4.78 is 10.3. The minimum atomic E-state index is -0.383. The van der Waals surface area contributed by atoms with Gasteiger partial charge in [-0.15, -0.1) is 0 Å². The molecular weight excluding hydrogens is 294 g/mol. The van der Waals surface area contributed by atoms with Crippen LogP contribution < -0.4 is 10.1 Å². The van der Waals surface area contributed by atoms with Crippen LogP contribution in [0.25, 0.3) is 10.8 Å². The van der Waals surface area contributed by atoms with Crippen LogP contribution in [0.2, 0.25) is 0 Å². The molecule has 0 aromatic heterocycles. The van der Waals surface area contributed by atoms with Gasteiger partial charge in [-0.3, -0.25) is 4.79 Å². The van der Waals surface area contributed by atoms with Gasteiger partial charge in [0.25, 0.3) is 0 Å². The lowest BCUT2D eigenvalue weighted by molar-refractivity contribution is -0.145. The molecule has 5 heteroatoms. The van der Waals surface area contributed by atoms with E-state index in [-0.39, 0.29) is 18.5 Å². The lowest BCUT2D eigenvalue weighted by atomic mass is 10.0. The summed E-state index contributed by atoms with van der Waals surface area (Å²) in [6, 6.07) is 11.7. The van der Waals surface area contributed by atoms with E-state index < -0.39 is 0 Å². The molecule has 2 aromatic carbocycles. The van der Waals surface area contributed by atoms with Crippen molar-refractivity contribution >= 4 is 22.6 Å². The van der Waals surface area contributed by atoms with Crippen molar-refractivity contribution < 1.29 is 19.1 Å². The molecule has 2 rings (SSSR count). The van der Waals surface area contributed by atoms with Crippen molar-refractivity contribution in [3.8, 4) is 5.75 Å². The highest BCUT2D eigenvalue weighted by Gasteiger charge is 2.06. The lowest BCUT2D eigenvalue weighted by Gasteiger charge is -2.10. The van der Waals surface area contributed by atoms with Gasteiger partial charge in [0.05, 0.1) is 6.61 Å². The monoisotopic (exact) mass is 315 g/mol. The van der Waals surface area contributed by atoms with Crippen LogP contribution in [0.3, 0.4) is 0 Å². The highest BCUT2D eigenvalue weighted by Crippen LogP contribution is 2.24. The van der Waals surface area contributed by atoms with Gasteiger partial charge in [-0.25, -0.2) is 4.79 Å². The first-order valence-corrected chi connectivity index (χ1v) is 7.64. The molecule has 0 atom stereocenters. The summed E-state index contributed by atoms with van der Waals surface area (Å²) in [5.41, 5.74) is 1.12. The van der Waals surface area contributed by atoms with Crippen LogP contribution in [0.5, 0.6) is 5.75 Å². The van der Waals surface area contributed by atoms with Gasteiger partial charge in [-0.05, 0) is 41.8 Å². The smallest absolute Gasteiger partial charge is 0.344 e. The summed E-state index contributed by atoms with van der Waals surface area (Å²) in [6.07, 6.45) is 0.734. The number of hydrogen-bond acceptors (Lipinski definition) is 4. The van der Waals surface area contributed by atoms with Crippen LogP contribution in [-0.2, 0) is 20.7 Å². The zero-order valence-corrected chi connectivity index (χ0v) is 13.4. The molecule has 23 heavy (non-hydrogen) atoms. The minimum Gasteiger partial charge on any atom is -0.482 e. The van der Waals surface area contributed by atoms with Crippen molar-refractivity contribution in [3.05, 3.63) is 42.0 Å². The van der Waals surface area contributed by atoms with Crippen LogP contribution in [0, 0.1) is 0 Å². The highest BCUT2D eigenvalue weighted by atomic mass is 16.6. The number of amides is 1. The second-order valence-corrected chi connectivity index (χ2v) is 5.13. The zero-order chi connectivity index (χ0) is 16.7. The molecule has 0 aliphatic carbocycles. The van der Waals surface area contributed by atoms with Gasteiger partial charge >= 0.3 is 5.97 Å². The van der Waals surface area contributed by atoms with Crippen molar-refractivity contribution in [3.63, 3.8) is 0 Å². The third kappa shape index (κ3) is 4.98. The fraction of sp³-hybridized carbons (Fsp3) is 0.333. The van der Waals surface area contributed by atoms with Gasteiger partial charge in [0.1, 0.15) is 5.75 Å². The predicted octanol–water partition coefficient (Wildman–Crippen LogP) is 2.46. The Kier molecular flexibility index (Phi) is 5.97. The lowest BCUT2D eigenvalue weighted by Crippen LogP contribution is -2.22. The number of hydrogen-bond donors (Lipinski definition) is 1. The van der Waals surface area contributed by atoms with Crippen LogP contribution in [0.1, 0.15) is 19.4 Å². The molecule has 0 saturated carbocycles. The summed E-state index contributed by atoms with van der Waals surface area (Å²) in [5, 5.41) is 4.94. The van der Waals surface area contributed by atoms with E-state index in [2.05, 4.69) is 5.32 Å². The third-order valence-corrected chi connectivity index (χ3v) is 3.37. The van der Waals surface area contributed by atoms with E-state index in [1.54, 1.807) is 6.92 Å². The fourth-order valence-electron chi connectivity index (χ4n) is 2.34. The molecule has 0 unspecified atom stereocenters. The van der Waals surface area contributed by atoms with E-state index in [0.29, 0.717) is 18.9 Å². The van der Waals surface area contributed by atoms with E-state index >= 15 is 0 Å². The van der Waals surface area contributed by atoms with Gasteiger partial charge in [0.2, 0.25) is 5.91 Å². The predicted molar refractivity (Wildman–Crippen MR) is 88.5 cm³/mol. The molecule has 0 radical (unpaired) electrons. The van der Waals surface area contributed by atoms with E-state index in [4.69, 9.17) is 9.47 Å². The molecule has 0 saturated heterocycles. The molecule has 0 heterocycles. The maximum absolute atomic E-state index is 11.4. The molecule has 2 aromatic rings. The SMILES string of the molecule is CCOC(=O)COc1ccc2cccc(CCNC(C)=O)c2c1. The van der Waals surface area contributed by atoms with Gasteiger partial charge in [0, 0.05) is 13.5 Å². The molecule has 1 amide bonds. The molecule has 122 valence electrons. The molecule has 0 aliphatic rings. The van der Waals surface area contributed by atoms with Crippen molar-refractivity contribution in [2.75, 3.05) is 19.8 Å². The molecule has 0 aliphatic heterocycles. The Bertz CT molecular complexity index is 696. The van der Waals surface area contributed by atoms with Crippen LogP contribution in [0.15, 0.2) is 36.4 Å². The van der Waals surface area contributed by atoms with E-state index in [1.807, 2.05) is 36.4 Å². The largest absolute Gasteiger partial charge is 0.482 e. The number of nitrogens with one attached hydrogen (secondary N) is 1. The Morgan fingerprint density at radius 3 is 2.74 bits per heavy atom. The standard InChI is InChI=1S/C18H21NO4/c1-3-22-18(21)12-23-16-8-7-14-5-4-6-15(17(14)11-16)9-10-19-13(2)20/h4-8,11H,3,9-10,12H2,1-2H3,(H,19,20). The molecule has 1 N–H and O–H groups in total. The molecule has 0 fully saturated rings. The number of ether oxygens (including phenoxy) is 2. The van der Waals surface area contributed by atoms with Gasteiger partial charge in [0.15, 0.2) is 6.61 Å². The van der Waals surface area contributed by atoms with Crippen LogP contribution >= 0.6 is 0 Å². The summed E-state index contributed by atoms with van der Waals surface area (Å²) in [4.78, 5) is 22.3. The average Bonchev–Trinajstić information content (AvgIpc) is 2.53. The molecule has 0 bridgehead atoms. The maximum Gasteiger partial charge on any atom is 0.344 e. The first-order chi connectivity index (χ1) is 11.1. The third-order valence-electron chi connectivity index (χ3n) is 3.37. The first-order valence-electron chi connectivity index (χ1n) is 7.64. The second-order valence-electron chi connectivity index (χ2n) is 5.13. The van der Waals surface area contributed by atoms with Crippen molar-refractivity contribution in [2.24, 2.45) is 0 Å². The zero-order valence-electron chi connectivity index (χ0n) is 13.4. The maximum atomic E-state index is 11.4. The number of fused-ring (bicyclic) bond motifs is 1. The Labute approximate surface area is 135 Å². The van der Waals surface area contributed by atoms with Crippen molar-refractivity contribution in [1.82, 2.24) is 5.32 Å². The number of carbonyl (C=O) groups is 2. The van der Waals surface area contributed by atoms with Crippen molar-refractivity contribution in [2.45, 2.75) is 20.3 Å². The van der Waals surface area contributed by atoms with E-state index in [9.17, 15) is 9.59 Å². The average molecular weight is 315 g/mol. The molecule has 5 nitrogen and oxygen atoms in total. The van der Waals surface area contributed by atoms with E-state index in [0.717, 1.165) is 22.8 Å². The number of rotatable bonds is 7. The quantitative estimate of drug-likeness (QED) is 0.797. The van der Waals surface area contributed by atoms with Crippen molar-refractivity contribution in [1.29, 1.82) is 0 Å². The van der Waals surface area contributed by atoms with Gasteiger partial charge < -0.3 is 14.8 Å². The summed E-state index contributed by atoms with van der Waals surface area (Å²) in [7, 11) is 0. The number of esters is 1. The van der Waals surface area contributed by atoms with Crippen LogP contribution in [-0.4, -0.2) is 31.6 Å². The number of carbonyl (C=O) groups excluding carboxylic acids is 2. The summed E-state index contributed by atoms with van der Waals surface area (Å²) in [6.45, 7) is 4.09. The Balaban J connectivity index is 2.12. The van der Waals surface area contributed by atoms with Crippen LogP contribution in [0.4, 0.5) is 0 Å². The normalized spacial score (nSPS) is 10.3.